The molecule has 2 rings (SSSR count). The Morgan fingerprint density at radius 1 is 1.24 bits per heavy atom. The molecule has 0 bridgehead atoms. The number of esters is 1. The second-order valence-corrected chi connectivity index (χ2v) is 5.27. The third-order valence-electron chi connectivity index (χ3n) is 4.04. The lowest BCUT2D eigenvalue weighted by molar-refractivity contribution is -0.147. The van der Waals surface area contributed by atoms with E-state index in [1.165, 1.54) is 25.9 Å². The molecule has 1 atom stereocenters. The van der Waals surface area contributed by atoms with Crippen molar-refractivity contribution in [3.63, 3.8) is 0 Å². The summed E-state index contributed by atoms with van der Waals surface area (Å²) in [5.74, 6) is 0.123. The molecule has 0 aliphatic carbocycles. The normalized spacial score (nSPS) is 28.5. The molecule has 0 aromatic heterocycles. The molecule has 0 aromatic carbocycles. The fourth-order valence-corrected chi connectivity index (χ4v) is 2.93. The molecule has 17 heavy (non-hydrogen) atoms. The van der Waals surface area contributed by atoms with Gasteiger partial charge in [-0.2, -0.15) is 0 Å². The van der Waals surface area contributed by atoms with Gasteiger partial charge < -0.3 is 9.64 Å². The lowest BCUT2D eigenvalue weighted by Crippen LogP contribution is -2.43. The van der Waals surface area contributed by atoms with E-state index in [1.807, 2.05) is 6.92 Å². The minimum atomic E-state index is 0.00271. The third kappa shape index (κ3) is 3.19. The van der Waals surface area contributed by atoms with E-state index in [4.69, 9.17) is 4.74 Å². The Kier molecular flexibility index (Phi) is 4.40. The van der Waals surface area contributed by atoms with Crippen LogP contribution in [0.1, 0.15) is 26.2 Å². The van der Waals surface area contributed by atoms with Crippen LogP contribution in [-0.2, 0) is 9.53 Å². The van der Waals surface area contributed by atoms with Crippen LogP contribution in [0.5, 0.6) is 0 Å². The Balaban J connectivity index is 1.79. The SMILES string of the molecule is CCOC(=O)C1CCN(C2CCN(C)CC2)C1. The number of ether oxygens (including phenoxy) is 1. The Hall–Kier alpha value is -0.610. The Labute approximate surface area is 104 Å². The molecule has 2 aliphatic heterocycles. The smallest absolute Gasteiger partial charge is 0.310 e. The zero-order chi connectivity index (χ0) is 12.3. The highest BCUT2D eigenvalue weighted by Gasteiger charge is 2.33. The average Bonchev–Trinajstić information content (AvgIpc) is 2.80. The Morgan fingerprint density at radius 2 is 1.94 bits per heavy atom. The van der Waals surface area contributed by atoms with Crippen molar-refractivity contribution in [1.82, 2.24) is 9.80 Å². The summed E-state index contributed by atoms with van der Waals surface area (Å²) in [6.45, 7) is 6.73. The average molecular weight is 240 g/mol. The largest absolute Gasteiger partial charge is 0.466 e. The summed E-state index contributed by atoms with van der Waals surface area (Å²) < 4.78 is 5.10. The summed E-state index contributed by atoms with van der Waals surface area (Å²) >= 11 is 0. The number of hydrogen-bond donors (Lipinski definition) is 0. The Bertz CT molecular complexity index is 262. The van der Waals surface area contributed by atoms with Crippen LogP contribution in [-0.4, -0.2) is 61.6 Å². The van der Waals surface area contributed by atoms with E-state index in [9.17, 15) is 4.79 Å². The summed E-state index contributed by atoms with van der Waals surface area (Å²) in [6.07, 6.45) is 3.46. The van der Waals surface area contributed by atoms with Gasteiger partial charge >= 0.3 is 5.97 Å². The number of carbonyl (C=O) groups excluding carboxylic acids is 1. The standard InChI is InChI=1S/C13H24N2O2/c1-3-17-13(16)11-4-9-15(10-11)12-5-7-14(2)8-6-12/h11-12H,3-10H2,1-2H3. The van der Waals surface area contributed by atoms with Gasteiger partial charge in [-0.3, -0.25) is 9.69 Å². The van der Waals surface area contributed by atoms with E-state index in [0.29, 0.717) is 12.6 Å². The minimum Gasteiger partial charge on any atom is -0.466 e. The minimum absolute atomic E-state index is 0.00271. The van der Waals surface area contributed by atoms with Crippen molar-refractivity contribution in [2.24, 2.45) is 5.92 Å². The van der Waals surface area contributed by atoms with Gasteiger partial charge in [-0.15, -0.1) is 0 Å². The van der Waals surface area contributed by atoms with Gasteiger partial charge in [-0.25, -0.2) is 0 Å². The van der Waals surface area contributed by atoms with Crippen LogP contribution < -0.4 is 0 Å². The fourth-order valence-electron chi connectivity index (χ4n) is 2.93. The highest BCUT2D eigenvalue weighted by atomic mass is 16.5. The summed E-state index contributed by atoms with van der Waals surface area (Å²) in [5, 5.41) is 0. The molecule has 98 valence electrons. The van der Waals surface area contributed by atoms with Crippen LogP contribution in [0.25, 0.3) is 0 Å². The second-order valence-electron chi connectivity index (χ2n) is 5.27. The van der Waals surface area contributed by atoms with Crippen molar-refractivity contribution >= 4 is 5.97 Å². The monoisotopic (exact) mass is 240 g/mol. The number of hydrogen-bond acceptors (Lipinski definition) is 4. The first-order valence-electron chi connectivity index (χ1n) is 6.80. The van der Waals surface area contributed by atoms with E-state index in [1.54, 1.807) is 0 Å². The molecule has 2 fully saturated rings. The quantitative estimate of drug-likeness (QED) is 0.688. The number of rotatable bonds is 3. The molecule has 0 radical (unpaired) electrons. The van der Waals surface area contributed by atoms with E-state index in [-0.39, 0.29) is 11.9 Å². The van der Waals surface area contributed by atoms with Crippen molar-refractivity contribution in [3.05, 3.63) is 0 Å². The van der Waals surface area contributed by atoms with E-state index in [2.05, 4.69) is 16.8 Å². The van der Waals surface area contributed by atoms with Gasteiger partial charge in [0.25, 0.3) is 0 Å². The molecule has 0 N–H and O–H groups in total. The Morgan fingerprint density at radius 3 is 2.59 bits per heavy atom. The number of likely N-dealkylation sites (tertiary alicyclic amines) is 2. The van der Waals surface area contributed by atoms with Crippen LogP contribution in [0.3, 0.4) is 0 Å². The maximum atomic E-state index is 11.7. The van der Waals surface area contributed by atoms with Crippen LogP contribution >= 0.6 is 0 Å². The predicted octanol–water partition coefficient (Wildman–Crippen LogP) is 0.966. The molecule has 1 unspecified atom stereocenters. The van der Waals surface area contributed by atoms with Gasteiger partial charge in [0.2, 0.25) is 0 Å². The molecule has 4 nitrogen and oxygen atoms in total. The van der Waals surface area contributed by atoms with Crippen molar-refractivity contribution in [1.29, 1.82) is 0 Å². The van der Waals surface area contributed by atoms with Crippen LogP contribution in [0, 0.1) is 5.92 Å². The molecule has 0 spiro atoms. The lowest BCUT2D eigenvalue weighted by Gasteiger charge is -2.35. The second kappa shape index (κ2) is 5.83. The first-order chi connectivity index (χ1) is 8.20. The van der Waals surface area contributed by atoms with Gasteiger partial charge in [0, 0.05) is 12.6 Å². The molecule has 2 heterocycles. The van der Waals surface area contributed by atoms with Gasteiger partial charge in [-0.05, 0) is 52.9 Å². The van der Waals surface area contributed by atoms with Crippen molar-refractivity contribution in [2.45, 2.75) is 32.2 Å². The molecule has 2 saturated heterocycles. The summed E-state index contributed by atoms with van der Waals surface area (Å²) in [7, 11) is 2.18. The number of piperidine rings is 1. The number of carbonyl (C=O) groups is 1. The summed E-state index contributed by atoms with van der Waals surface area (Å²) in [6, 6.07) is 0.686. The maximum absolute atomic E-state index is 11.7. The molecule has 0 saturated carbocycles. The number of nitrogens with zero attached hydrogens (tertiary/aromatic N) is 2. The zero-order valence-corrected chi connectivity index (χ0v) is 11.0. The molecule has 0 amide bonds. The van der Waals surface area contributed by atoms with Gasteiger partial charge in [0.1, 0.15) is 0 Å². The van der Waals surface area contributed by atoms with Crippen molar-refractivity contribution < 1.29 is 9.53 Å². The van der Waals surface area contributed by atoms with Gasteiger partial charge in [0.05, 0.1) is 12.5 Å². The predicted molar refractivity (Wildman–Crippen MR) is 66.8 cm³/mol. The first-order valence-corrected chi connectivity index (χ1v) is 6.80. The molecular weight excluding hydrogens is 216 g/mol. The van der Waals surface area contributed by atoms with Crippen LogP contribution in [0.4, 0.5) is 0 Å². The molecule has 2 aliphatic rings. The molecule has 4 heteroatoms. The highest BCUT2D eigenvalue weighted by molar-refractivity contribution is 5.73. The fraction of sp³-hybridized carbons (Fsp3) is 0.923. The first kappa shape index (κ1) is 12.8. The zero-order valence-electron chi connectivity index (χ0n) is 11.0. The van der Waals surface area contributed by atoms with Crippen molar-refractivity contribution in [2.75, 3.05) is 39.8 Å². The van der Waals surface area contributed by atoms with Crippen LogP contribution in [0.2, 0.25) is 0 Å². The van der Waals surface area contributed by atoms with E-state index >= 15 is 0 Å². The third-order valence-corrected chi connectivity index (χ3v) is 4.04. The molecular formula is C13H24N2O2. The van der Waals surface area contributed by atoms with Gasteiger partial charge in [-0.1, -0.05) is 0 Å². The summed E-state index contributed by atoms with van der Waals surface area (Å²) in [4.78, 5) is 16.5. The maximum Gasteiger partial charge on any atom is 0.310 e. The summed E-state index contributed by atoms with van der Waals surface area (Å²) in [5.41, 5.74) is 0. The van der Waals surface area contributed by atoms with Crippen LogP contribution in [0.15, 0.2) is 0 Å². The highest BCUT2D eigenvalue weighted by Crippen LogP contribution is 2.24. The van der Waals surface area contributed by atoms with Gasteiger partial charge in [0.15, 0.2) is 0 Å². The lowest BCUT2D eigenvalue weighted by atomic mass is 10.0. The van der Waals surface area contributed by atoms with Crippen molar-refractivity contribution in [3.8, 4) is 0 Å². The topological polar surface area (TPSA) is 32.8 Å². The van der Waals surface area contributed by atoms with E-state index in [0.717, 1.165) is 19.5 Å². The molecule has 0 aromatic rings. The van der Waals surface area contributed by atoms with E-state index < -0.39 is 0 Å².